The van der Waals surface area contributed by atoms with E-state index < -0.39 is 0 Å². The predicted octanol–water partition coefficient (Wildman–Crippen LogP) is 5.09. The molecule has 2 aromatic rings. The molecule has 19 heavy (non-hydrogen) atoms. The molecule has 0 spiro atoms. The van der Waals surface area contributed by atoms with Gasteiger partial charge in [0.2, 0.25) is 0 Å². The highest BCUT2D eigenvalue weighted by molar-refractivity contribution is 6.20. The molecule has 102 valence electrons. The SMILES string of the molecule is CC1CCCC(n2c(C(C)Cl)nc3ccccc32)C1. The molecule has 0 N–H and O–H groups in total. The maximum absolute atomic E-state index is 6.35. The van der Waals surface area contributed by atoms with E-state index in [4.69, 9.17) is 16.6 Å². The van der Waals surface area contributed by atoms with Gasteiger partial charge in [-0.2, -0.15) is 0 Å². The monoisotopic (exact) mass is 276 g/mol. The Morgan fingerprint density at radius 1 is 1.32 bits per heavy atom. The van der Waals surface area contributed by atoms with E-state index in [-0.39, 0.29) is 5.38 Å². The summed E-state index contributed by atoms with van der Waals surface area (Å²) in [5, 5.41) is -0.0374. The Labute approximate surface area is 119 Å². The number of nitrogens with zero attached hydrogens (tertiary/aromatic N) is 2. The summed E-state index contributed by atoms with van der Waals surface area (Å²) in [6, 6.07) is 8.96. The molecule has 0 amide bonds. The number of rotatable bonds is 2. The van der Waals surface area contributed by atoms with Crippen LogP contribution in [0, 0.1) is 5.92 Å². The van der Waals surface area contributed by atoms with Crippen LogP contribution >= 0.6 is 11.6 Å². The molecule has 0 bridgehead atoms. The predicted molar refractivity (Wildman–Crippen MR) is 80.7 cm³/mol. The highest BCUT2D eigenvalue weighted by Gasteiger charge is 2.25. The molecule has 3 rings (SSSR count). The molecule has 2 nitrogen and oxygen atoms in total. The number of hydrogen-bond donors (Lipinski definition) is 0. The second-order valence-corrected chi connectivity index (χ2v) is 6.52. The molecular weight excluding hydrogens is 256 g/mol. The molecule has 0 saturated heterocycles. The highest BCUT2D eigenvalue weighted by Crippen LogP contribution is 2.37. The minimum atomic E-state index is -0.0374. The number of imidazole rings is 1. The summed E-state index contributed by atoms with van der Waals surface area (Å²) in [5.74, 6) is 1.83. The molecule has 1 heterocycles. The average molecular weight is 277 g/mol. The molecular formula is C16H21ClN2. The molecule has 0 aliphatic heterocycles. The molecule has 1 aliphatic rings. The van der Waals surface area contributed by atoms with Crippen molar-refractivity contribution in [2.24, 2.45) is 5.92 Å². The van der Waals surface area contributed by atoms with Gasteiger partial charge in [-0.25, -0.2) is 4.98 Å². The topological polar surface area (TPSA) is 17.8 Å². The molecule has 1 aromatic carbocycles. The van der Waals surface area contributed by atoms with Gasteiger partial charge in [0, 0.05) is 6.04 Å². The fraction of sp³-hybridized carbons (Fsp3) is 0.562. The lowest BCUT2D eigenvalue weighted by Crippen LogP contribution is -2.19. The molecule has 1 aromatic heterocycles. The van der Waals surface area contributed by atoms with E-state index in [1.165, 1.54) is 31.2 Å². The second-order valence-electron chi connectivity index (χ2n) is 5.87. The van der Waals surface area contributed by atoms with Crippen LogP contribution in [0.2, 0.25) is 0 Å². The molecule has 3 heteroatoms. The largest absolute Gasteiger partial charge is 0.324 e. The molecule has 3 atom stereocenters. The third-order valence-electron chi connectivity index (χ3n) is 4.25. The summed E-state index contributed by atoms with van der Waals surface area (Å²) >= 11 is 6.35. The van der Waals surface area contributed by atoms with Gasteiger partial charge in [0.05, 0.1) is 16.4 Å². The van der Waals surface area contributed by atoms with E-state index in [2.05, 4.69) is 29.7 Å². The molecule has 3 unspecified atom stereocenters. The van der Waals surface area contributed by atoms with Crippen molar-refractivity contribution >= 4 is 22.6 Å². The van der Waals surface area contributed by atoms with Crippen LogP contribution < -0.4 is 0 Å². The Morgan fingerprint density at radius 2 is 2.11 bits per heavy atom. The van der Waals surface area contributed by atoms with E-state index in [1.54, 1.807) is 0 Å². The summed E-state index contributed by atoms with van der Waals surface area (Å²) in [6.07, 6.45) is 5.17. The smallest absolute Gasteiger partial charge is 0.127 e. The lowest BCUT2D eigenvalue weighted by Gasteiger charge is -2.30. The van der Waals surface area contributed by atoms with Crippen molar-refractivity contribution in [3.8, 4) is 0 Å². The van der Waals surface area contributed by atoms with Crippen LogP contribution in [-0.4, -0.2) is 9.55 Å². The first-order valence-electron chi connectivity index (χ1n) is 7.27. The number of para-hydroxylation sites is 2. The first-order chi connectivity index (χ1) is 9.16. The Balaban J connectivity index is 2.11. The second kappa shape index (κ2) is 5.16. The van der Waals surface area contributed by atoms with Crippen molar-refractivity contribution in [3.05, 3.63) is 30.1 Å². The van der Waals surface area contributed by atoms with Crippen molar-refractivity contribution in [2.45, 2.75) is 50.9 Å². The lowest BCUT2D eigenvalue weighted by atomic mass is 9.87. The molecule has 1 saturated carbocycles. The zero-order valence-corrected chi connectivity index (χ0v) is 12.4. The van der Waals surface area contributed by atoms with Crippen LogP contribution in [0.1, 0.15) is 56.8 Å². The Hall–Kier alpha value is -1.02. The van der Waals surface area contributed by atoms with Crippen molar-refractivity contribution in [1.29, 1.82) is 0 Å². The van der Waals surface area contributed by atoms with Crippen molar-refractivity contribution in [2.75, 3.05) is 0 Å². The average Bonchev–Trinajstić information content (AvgIpc) is 2.78. The molecule has 1 aliphatic carbocycles. The third kappa shape index (κ3) is 2.38. The summed E-state index contributed by atoms with van der Waals surface area (Å²) in [6.45, 7) is 4.38. The van der Waals surface area contributed by atoms with Gasteiger partial charge < -0.3 is 4.57 Å². The van der Waals surface area contributed by atoms with Gasteiger partial charge in [-0.3, -0.25) is 0 Å². The fourth-order valence-corrected chi connectivity index (χ4v) is 3.52. The van der Waals surface area contributed by atoms with Crippen molar-refractivity contribution in [3.63, 3.8) is 0 Å². The maximum atomic E-state index is 6.35. The lowest BCUT2D eigenvalue weighted by molar-refractivity contribution is 0.282. The van der Waals surface area contributed by atoms with Gasteiger partial charge in [-0.05, 0) is 37.8 Å². The number of benzene rings is 1. The highest BCUT2D eigenvalue weighted by atomic mass is 35.5. The zero-order chi connectivity index (χ0) is 13.4. The number of halogens is 1. The van der Waals surface area contributed by atoms with Gasteiger partial charge in [-0.1, -0.05) is 31.9 Å². The van der Waals surface area contributed by atoms with Crippen LogP contribution in [0.3, 0.4) is 0 Å². The number of fused-ring (bicyclic) bond motifs is 1. The summed E-state index contributed by atoms with van der Waals surface area (Å²) in [5.41, 5.74) is 2.31. The van der Waals surface area contributed by atoms with Crippen LogP contribution in [0.15, 0.2) is 24.3 Å². The van der Waals surface area contributed by atoms with Crippen LogP contribution in [0.4, 0.5) is 0 Å². The van der Waals surface area contributed by atoms with Crippen molar-refractivity contribution < 1.29 is 0 Å². The minimum Gasteiger partial charge on any atom is -0.324 e. The Morgan fingerprint density at radius 3 is 2.84 bits per heavy atom. The number of aromatic nitrogens is 2. The number of alkyl halides is 1. The van der Waals surface area contributed by atoms with E-state index in [1.807, 2.05) is 13.0 Å². The van der Waals surface area contributed by atoms with Gasteiger partial charge in [0.25, 0.3) is 0 Å². The first-order valence-corrected chi connectivity index (χ1v) is 7.71. The maximum Gasteiger partial charge on any atom is 0.127 e. The molecule has 0 radical (unpaired) electrons. The standard InChI is InChI=1S/C16H21ClN2/c1-11-6-5-7-13(10-11)19-15-9-4-3-8-14(15)18-16(19)12(2)17/h3-4,8-9,11-13H,5-7,10H2,1-2H3. The summed E-state index contributed by atoms with van der Waals surface area (Å²) in [7, 11) is 0. The van der Waals surface area contributed by atoms with Crippen LogP contribution in [0.5, 0.6) is 0 Å². The van der Waals surface area contributed by atoms with Crippen LogP contribution in [0.25, 0.3) is 11.0 Å². The van der Waals surface area contributed by atoms with Gasteiger partial charge >= 0.3 is 0 Å². The first kappa shape index (κ1) is 13.0. The summed E-state index contributed by atoms with van der Waals surface area (Å²) < 4.78 is 2.41. The quantitative estimate of drug-likeness (QED) is 0.699. The normalized spacial score (nSPS) is 25.6. The van der Waals surface area contributed by atoms with E-state index in [9.17, 15) is 0 Å². The molecule has 1 fully saturated rings. The van der Waals surface area contributed by atoms with E-state index >= 15 is 0 Å². The van der Waals surface area contributed by atoms with E-state index in [0.29, 0.717) is 6.04 Å². The van der Waals surface area contributed by atoms with E-state index in [0.717, 1.165) is 17.3 Å². The van der Waals surface area contributed by atoms with Gasteiger partial charge in [0.1, 0.15) is 5.82 Å². The minimum absolute atomic E-state index is 0.0374. The van der Waals surface area contributed by atoms with Gasteiger partial charge in [0.15, 0.2) is 0 Å². The Kier molecular flexibility index (Phi) is 3.53. The third-order valence-corrected chi connectivity index (χ3v) is 4.45. The zero-order valence-electron chi connectivity index (χ0n) is 11.6. The van der Waals surface area contributed by atoms with Crippen molar-refractivity contribution in [1.82, 2.24) is 9.55 Å². The Bertz CT molecular complexity index is 573. The van der Waals surface area contributed by atoms with Gasteiger partial charge in [-0.15, -0.1) is 11.6 Å². The number of hydrogen-bond acceptors (Lipinski definition) is 1. The van der Waals surface area contributed by atoms with Crippen LogP contribution in [-0.2, 0) is 0 Å². The fourth-order valence-electron chi connectivity index (χ4n) is 3.36. The summed E-state index contributed by atoms with van der Waals surface area (Å²) in [4.78, 5) is 4.74.